The summed E-state index contributed by atoms with van der Waals surface area (Å²) < 4.78 is 5.88. The lowest BCUT2D eigenvalue weighted by Gasteiger charge is -2.32. The molecule has 2 heterocycles. The van der Waals surface area contributed by atoms with Gasteiger partial charge in [-0.25, -0.2) is 0 Å². The zero-order chi connectivity index (χ0) is 17.9. The van der Waals surface area contributed by atoms with Crippen molar-refractivity contribution >= 4 is 28.1 Å². The first-order valence-corrected chi connectivity index (χ1v) is 9.59. The summed E-state index contributed by atoms with van der Waals surface area (Å²) in [6.07, 6.45) is 0.661. The molecule has 2 aromatic carbocycles. The van der Waals surface area contributed by atoms with E-state index in [1.807, 2.05) is 36.4 Å². The number of aromatic nitrogens is 2. The average molecular weight is 388 g/mol. The number of phenolic OH excluding ortho intramolecular Hbond substituents is 1. The lowest BCUT2D eigenvalue weighted by molar-refractivity contribution is 0.0396. The number of nitrogens with zero attached hydrogens (tertiary/aromatic N) is 3. The van der Waals surface area contributed by atoms with Crippen LogP contribution in [0.4, 0.5) is 5.13 Å². The van der Waals surface area contributed by atoms with Crippen LogP contribution < -0.4 is 4.90 Å². The number of benzene rings is 2. The van der Waals surface area contributed by atoms with Crippen molar-refractivity contribution < 1.29 is 9.84 Å². The molecule has 0 saturated carbocycles. The minimum Gasteiger partial charge on any atom is -0.508 e. The topological polar surface area (TPSA) is 58.5 Å². The van der Waals surface area contributed by atoms with E-state index < -0.39 is 0 Å². The van der Waals surface area contributed by atoms with Crippen molar-refractivity contribution in [1.82, 2.24) is 10.2 Å². The van der Waals surface area contributed by atoms with Crippen molar-refractivity contribution in [3.8, 4) is 5.75 Å². The summed E-state index contributed by atoms with van der Waals surface area (Å²) in [5, 5.41) is 21.0. The molecule has 134 valence electrons. The van der Waals surface area contributed by atoms with Crippen molar-refractivity contribution in [1.29, 1.82) is 0 Å². The minimum absolute atomic E-state index is 0.0838. The van der Waals surface area contributed by atoms with Gasteiger partial charge in [-0.15, -0.1) is 10.2 Å². The third-order valence-corrected chi connectivity index (χ3v) is 5.54. The molecule has 0 aliphatic carbocycles. The van der Waals surface area contributed by atoms with Crippen LogP contribution in [0.3, 0.4) is 0 Å². The van der Waals surface area contributed by atoms with E-state index in [-0.39, 0.29) is 11.9 Å². The second-order valence-electron chi connectivity index (χ2n) is 6.18. The van der Waals surface area contributed by atoms with Crippen molar-refractivity contribution in [3.63, 3.8) is 0 Å². The zero-order valence-electron chi connectivity index (χ0n) is 14.0. The van der Waals surface area contributed by atoms with Gasteiger partial charge >= 0.3 is 0 Å². The molecule has 3 aromatic rings. The fraction of sp³-hybridized carbons (Fsp3) is 0.263. The Hall–Kier alpha value is -2.15. The van der Waals surface area contributed by atoms with Gasteiger partial charge < -0.3 is 14.7 Å². The van der Waals surface area contributed by atoms with E-state index in [9.17, 15) is 5.11 Å². The largest absolute Gasteiger partial charge is 0.508 e. The number of morpholine rings is 1. The SMILES string of the molecule is Oc1cccc(C2CN(c3nnc(Cc4ccc(Cl)cc4)s3)CCO2)c1. The minimum atomic E-state index is -0.0838. The molecule has 1 fully saturated rings. The molecular formula is C19H18ClN3O2S. The number of hydrogen-bond donors (Lipinski definition) is 1. The van der Waals surface area contributed by atoms with Crippen molar-refractivity contribution in [2.75, 3.05) is 24.6 Å². The van der Waals surface area contributed by atoms with Gasteiger partial charge in [0, 0.05) is 18.0 Å². The second kappa shape index (κ2) is 7.61. The Morgan fingerprint density at radius 2 is 2.04 bits per heavy atom. The number of ether oxygens (including phenoxy) is 1. The zero-order valence-corrected chi connectivity index (χ0v) is 15.6. The maximum absolute atomic E-state index is 9.69. The number of anilines is 1. The van der Waals surface area contributed by atoms with Gasteiger partial charge in [0.25, 0.3) is 0 Å². The molecule has 1 saturated heterocycles. The first-order chi connectivity index (χ1) is 12.7. The number of aromatic hydroxyl groups is 1. The highest BCUT2D eigenvalue weighted by molar-refractivity contribution is 7.15. The number of rotatable bonds is 4. The molecule has 0 spiro atoms. The van der Waals surface area contributed by atoms with E-state index in [4.69, 9.17) is 16.3 Å². The molecule has 1 N–H and O–H groups in total. The number of halogens is 1. The van der Waals surface area contributed by atoms with E-state index in [1.165, 1.54) is 0 Å². The van der Waals surface area contributed by atoms with Gasteiger partial charge in [-0.1, -0.05) is 47.2 Å². The quantitative estimate of drug-likeness (QED) is 0.731. The Kier molecular flexibility index (Phi) is 5.06. The number of hydrogen-bond acceptors (Lipinski definition) is 6. The van der Waals surface area contributed by atoms with Crippen molar-refractivity contribution in [2.45, 2.75) is 12.5 Å². The van der Waals surface area contributed by atoms with Gasteiger partial charge in [-0.05, 0) is 35.4 Å². The molecule has 1 aliphatic rings. The van der Waals surface area contributed by atoms with Crippen LogP contribution >= 0.6 is 22.9 Å². The van der Waals surface area contributed by atoms with Crippen LogP contribution in [-0.4, -0.2) is 35.0 Å². The summed E-state index contributed by atoms with van der Waals surface area (Å²) in [7, 11) is 0. The molecule has 7 heteroatoms. The summed E-state index contributed by atoms with van der Waals surface area (Å²) in [6, 6.07) is 15.0. The van der Waals surface area contributed by atoms with Gasteiger partial charge in [0.2, 0.25) is 5.13 Å². The molecule has 5 nitrogen and oxygen atoms in total. The standard InChI is InChI=1S/C19H18ClN3O2S/c20-15-6-4-13(5-7-15)10-18-21-22-19(26-18)23-8-9-25-17(12-23)14-2-1-3-16(24)11-14/h1-7,11,17,24H,8-10,12H2. The predicted octanol–water partition coefficient (Wildman–Crippen LogP) is 4.07. The van der Waals surface area contributed by atoms with Crippen LogP contribution in [0.25, 0.3) is 0 Å². The molecule has 4 rings (SSSR count). The van der Waals surface area contributed by atoms with Gasteiger partial charge in [0.1, 0.15) is 16.9 Å². The molecule has 1 unspecified atom stereocenters. The summed E-state index contributed by atoms with van der Waals surface area (Å²) in [5.41, 5.74) is 2.14. The Balaban J connectivity index is 1.45. The average Bonchev–Trinajstić information content (AvgIpc) is 3.12. The third-order valence-electron chi connectivity index (χ3n) is 4.30. The van der Waals surface area contributed by atoms with E-state index in [0.29, 0.717) is 13.2 Å². The van der Waals surface area contributed by atoms with Crippen molar-refractivity contribution in [2.24, 2.45) is 0 Å². The molecule has 1 aliphatic heterocycles. The Bertz CT molecular complexity index is 885. The predicted molar refractivity (Wildman–Crippen MR) is 103 cm³/mol. The van der Waals surface area contributed by atoms with Crippen LogP contribution in [0.15, 0.2) is 48.5 Å². The maximum Gasteiger partial charge on any atom is 0.208 e. The van der Waals surface area contributed by atoms with Crippen LogP contribution in [0.2, 0.25) is 5.02 Å². The highest BCUT2D eigenvalue weighted by Gasteiger charge is 2.24. The lowest BCUT2D eigenvalue weighted by atomic mass is 10.1. The fourth-order valence-corrected chi connectivity index (χ4v) is 4.00. The first-order valence-electron chi connectivity index (χ1n) is 8.40. The van der Waals surface area contributed by atoms with E-state index in [1.54, 1.807) is 23.5 Å². The Morgan fingerprint density at radius 3 is 2.85 bits per heavy atom. The van der Waals surface area contributed by atoms with Gasteiger partial charge in [0.15, 0.2) is 0 Å². The maximum atomic E-state index is 9.69. The molecule has 0 radical (unpaired) electrons. The fourth-order valence-electron chi connectivity index (χ4n) is 2.97. The summed E-state index contributed by atoms with van der Waals surface area (Å²) >= 11 is 7.54. The smallest absolute Gasteiger partial charge is 0.208 e. The van der Waals surface area contributed by atoms with Crippen LogP contribution in [0.1, 0.15) is 22.2 Å². The monoisotopic (exact) mass is 387 g/mol. The molecule has 0 amide bonds. The summed E-state index contributed by atoms with van der Waals surface area (Å²) in [6.45, 7) is 2.09. The molecular weight excluding hydrogens is 370 g/mol. The Morgan fingerprint density at radius 1 is 1.19 bits per heavy atom. The third kappa shape index (κ3) is 3.98. The second-order valence-corrected chi connectivity index (χ2v) is 7.66. The highest BCUT2D eigenvalue weighted by atomic mass is 35.5. The van der Waals surface area contributed by atoms with Gasteiger partial charge in [-0.2, -0.15) is 0 Å². The van der Waals surface area contributed by atoms with E-state index in [2.05, 4.69) is 15.1 Å². The molecule has 26 heavy (non-hydrogen) atoms. The highest BCUT2D eigenvalue weighted by Crippen LogP contribution is 2.30. The summed E-state index contributed by atoms with van der Waals surface area (Å²) in [4.78, 5) is 2.20. The molecule has 0 bridgehead atoms. The normalized spacial score (nSPS) is 17.4. The van der Waals surface area contributed by atoms with Crippen LogP contribution in [0, 0.1) is 0 Å². The van der Waals surface area contributed by atoms with E-state index >= 15 is 0 Å². The van der Waals surface area contributed by atoms with Crippen LogP contribution in [-0.2, 0) is 11.2 Å². The van der Waals surface area contributed by atoms with Gasteiger partial charge in [0.05, 0.1) is 13.2 Å². The van der Waals surface area contributed by atoms with E-state index in [0.717, 1.165) is 39.3 Å². The molecule has 1 aromatic heterocycles. The summed E-state index contributed by atoms with van der Waals surface area (Å²) in [5.74, 6) is 0.254. The molecule has 1 atom stereocenters. The van der Waals surface area contributed by atoms with Gasteiger partial charge in [-0.3, -0.25) is 0 Å². The van der Waals surface area contributed by atoms with Crippen LogP contribution in [0.5, 0.6) is 5.75 Å². The Labute approximate surface area is 160 Å². The lowest BCUT2D eigenvalue weighted by Crippen LogP contribution is -2.38. The first kappa shape index (κ1) is 17.3. The van der Waals surface area contributed by atoms with Crippen molar-refractivity contribution in [3.05, 3.63) is 69.7 Å². The number of phenols is 1.